The molecule has 0 amide bonds. The largest absolute Gasteiger partial charge is 0.453 e. The quantitative estimate of drug-likeness (QED) is 0.846. The van der Waals surface area contributed by atoms with E-state index in [1.54, 1.807) is 0 Å². The second-order valence-electron chi connectivity index (χ2n) is 4.49. The van der Waals surface area contributed by atoms with Gasteiger partial charge in [0.1, 0.15) is 11.6 Å². The zero-order valence-corrected chi connectivity index (χ0v) is 13.0. The van der Waals surface area contributed by atoms with Crippen LogP contribution in [0.5, 0.6) is 0 Å². The summed E-state index contributed by atoms with van der Waals surface area (Å²) in [7, 11) is 0. The van der Waals surface area contributed by atoms with Gasteiger partial charge in [-0.15, -0.1) is 0 Å². The van der Waals surface area contributed by atoms with E-state index >= 15 is 0 Å². The Morgan fingerprint density at radius 1 is 1.42 bits per heavy atom. The number of imidazole rings is 1. The topological polar surface area (TPSA) is 43.0 Å². The van der Waals surface area contributed by atoms with Crippen LogP contribution in [-0.2, 0) is 13.0 Å². The van der Waals surface area contributed by atoms with Crippen LogP contribution in [0.1, 0.15) is 37.9 Å². The number of hydrogen-bond acceptors (Lipinski definition) is 3. The van der Waals surface area contributed by atoms with Crippen LogP contribution in [0.2, 0.25) is 0 Å². The first-order valence-corrected chi connectivity index (χ1v) is 7.52. The molecule has 0 aromatic carbocycles. The van der Waals surface area contributed by atoms with Gasteiger partial charge < -0.3 is 14.3 Å². The molecule has 0 aliphatic carbocycles. The van der Waals surface area contributed by atoms with Crippen molar-refractivity contribution in [3.8, 4) is 0 Å². The monoisotopic (exact) mass is 325 g/mol. The van der Waals surface area contributed by atoms with E-state index in [0.29, 0.717) is 0 Å². The van der Waals surface area contributed by atoms with Gasteiger partial charge in [-0.05, 0) is 41.0 Å². The van der Waals surface area contributed by atoms with Gasteiger partial charge in [-0.1, -0.05) is 13.8 Å². The van der Waals surface area contributed by atoms with Crippen molar-refractivity contribution in [3.63, 3.8) is 0 Å². The molecule has 0 fully saturated rings. The van der Waals surface area contributed by atoms with Crippen LogP contribution >= 0.6 is 15.9 Å². The molecule has 4 nitrogen and oxygen atoms in total. The van der Waals surface area contributed by atoms with Gasteiger partial charge >= 0.3 is 0 Å². The number of rotatable bonds is 7. The van der Waals surface area contributed by atoms with Crippen molar-refractivity contribution in [1.29, 1.82) is 0 Å². The Balaban J connectivity index is 2.14. The van der Waals surface area contributed by atoms with E-state index in [1.165, 1.54) is 0 Å². The minimum Gasteiger partial charge on any atom is -0.453 e. The van der Waals surface area contributed by atoms with Gasteiger partial charge in [-0.25, -0.2) is 4.98 Å². The third-order valence-electron chi connectivity index (χ3n) is 3.04. The van der Waals surface area contributed by atoms with E-state index in [2.05, 4.69) is 44.6 Å². The standard InChI is InChI=1S/C14H20BrN3O/c1-3-8-18-9-7-17-14(18)10-11(16-4-2)12-5-6-13(15)19-12/h5-7,9,11,16H,3-4,8,10H2,1-2H3. The molecule has 0 radical (unpaired) electrons. The van der Waals surface area contributed by atoms with Gasteiger partial charge in [-0.3, -0.25) is 0 Å². The second-order valence-corrected chi connectivity index (χ2v) is 5.27. The van der Waals surface area contributed by atoms with Crippen LogP contribution in [0.25, 0.3) is 0 Å². The zero-order chi connectivity index (χ0) is 13.7. The molecule has 2 rings (SSSR count). The van der Waals surface area contributed by atoms with Gasteiger partial charge in [0.25, 0.3) is 0 Å². The Labute approximate surface area is 122 Å². The Morgan fingerprint density at radius 3 is 2.89 bits per heavy atom. The summed E-state index contributed by atoms with van der Waals surface area (Å²) in [6.07, 6.45) is 5.86. The van der Waals surface area contributed by atoms with Gasteiger partial charge in [0.2, 0.25) is 0 Å². The molecule has 1 N–H and O–H groups in total. The lowest BCUT2D eigenvalue weighted by molar-refractivity contribution is 0.397. The summed E-state index contributed by atoms with van der Waals surface area (Å²) in [5, 5.41) is 3.45. The van der Waals surface area contributed by atoms with E-state index in [-0.39, 0.29) is 6.04 Å². The van der Waals surface area contributed by atoms with Crippen molar-refractivity contribution in [2.75, 3.05) is 6.54 Å². The molecule has 0 saturated carbocycles. The third kappa shape index (κ3) is 3.70. The van der Waals surface area contributed by atoms with Gasteiger partial charge in [0.15, 0.2) is 4.67 Å². The lowest BCUT2D eigenvalue weighted by atomic mass is 10.1. The van der Waals surface area contributed by atoms with Gasteiger partial charge in [0.05, 0.1) is 6.04 Å². The molecule has 0 spiro atoms. The van der Waals surface area contributed by atoms with E-state index < -0.39 is 0 Å². The van der Waals surface area contributed by atoms with Crippen molar-refractivity contribution >= 4 is 15.9 Å². The molecule has 1 unspecified atom stereocenters. The lowest BCUT2D eigenvalue weighted by Crippen LogP contribution is -2.24. The zero-order valence-electron chi connectivity index (χ0n) is 11.4. The minimum atomic E-state index is 0.161. The van der Waals surface area contributed by atoms with Crippen LogP contribution in [0.15, 0.2) is 33.6 Å². The average Bonchev–Trinajstić information content (AvgIpc) is 2.99. The Bertz CT molecular complexity index is 506. The third-order valence-corrected chi connectivity index (χ3v) is 3.47. The summed E-state index contributed by atoms with van der Waals surface area (Å²) in [4.78, 5) is 4.46. The molecule has 0 bridgehead atoms. The molecule has 2 heterocycles. The fourth-order valence-electron chi connectivity index (χ4n) is 2.19. The number of nitrogens with one attached hydrogen (secondary N) is 1. The van der Waals surface area contributed by atoms with Gasteiger partial charge in [0, 0.05) is 25.4 Å². The number of aryl methyl sites for hydroxylation is 1. The van der Waals surface area contributed by atoms with Crippen molar-refractivity contribution in [3.05, 3.63) is 40.8 Å². The van der Waals surface area contributed by atoms with Crippen LogP contribution in [0.4, 0.5) is 0 Å². The fourth-order valence-corrected chi connectivity index (χ4v) is 2.51. The Hall–Kier alpha value is -1.07. The van der Waals surface area contributed by atoms with E-state index in [4.69, 9.17) is 4.42 Å². The van der Waals surface area contributed by atoms with Crippen molar-refractivity contribution < 1.29 is 4.42 Å². The molecule has 1 atom stereocenters. The van der Waals surface area contributed by atoms with Crippen LogP contribution in [-0.4, -0.2) is 16.1 Å². The number of furan rings is 1. The first kappa shape index (κ1) is 14.3. The van der Waals surface area contributed by atoms with Crippen LogP contribution in [0.3, 0.4) is 0 Å². The van der Waals surface area contributed by atoms with E-state index in [1.807, 2.05) is 24.5 Å². The van der Waals surface area contributed by atoms with Crippen molar-refractivity contribution in [2.24, 2.45) is 0 Å². The number of halogens is 1. The first-order chi connectivity index (χ1) is 9.24. The predicted octanol–water partition coefficient (Wildman–Crippen LogP) is 3.54. The highest BCUT2D eigenvalue weighted by Crippen LogP contribution is 2.23. The number of aromatic nitrogens is 2. The van der Waals surface area contributed by atoms with Crippen LogP contribution in [0, 0.1) is 0 Å². The highest BCUT2D eigenvalue weighted by molar-refractivity contribution is 9.10. The molecular weight excluding hydrogens is 306 g/mol. The van der Waals surface area contributed by atoms with E-state index in [9.17, 15) is 0 Å². The first-order valence-electron chi connectivity index (χ1n) is 6.73. The summed E-state index contributed by atoms with van der Waals surface area (Å²) in [6.45, 7) is 6.19. The van der Waals surface area contributed by atoms with E-state index in [0.717, 1.165) is 42.2 Å². The number of hydrogen-bond donors (Lipinski definition) is 1. The van der Waals surface area contributed by atoms with Gasteiger partial charge in [-0.2, -0.15) is 0 Å². The molecular formula is C14H20BrN3O. The molecule has 0 aliphatic rings. The van der Waals surface area contributed by atoms with Crippen molar-refractivity contribution in [1.82, 2.24) is 14.9 Å². The Morgan fingerprint density at radius 2 is 2.26 bits per heavy atom. The SMILES string of the molecule is CCCn1ccnc1CC(NCC)c1ccc(Br)o1. The summed E-state index contributed by atoms with van der Waals surface area (Å²) in [5.74, 6) is 2.04. The second kappa shape index (κ2) is 6.91. The molecule has 0 saturated heterocycles. The Kier molecular flexibility index (Phi) is 5.22. The summed E-state index contributed by atoms with van der Waals surface area (Å²) in [5.41, 5.74) is 0. The maximum atomic E-state index is 5.66. The molecule has 104 valence electrons. The number of nitrogens with zero attached hydrogens (tertiary/aromatic N) is 2. The fraction of sp³-hybridized carbons (Fsp3) is 0.500. The minimum absolute atomic E-state index is 0.161. The highest BCUT2D eigenvalue weighted by Gasteiger charge is 2.17. The maximum Gasteiger partial charge on any atom is 0.169 e. The lowest BCUT2D eigenvalue weighted by Gasteiger charge is -2.16. The molecule has 2 aromatic heterocycles. The average molecular weight is 326 g/mol. The molecule has 5 heteroatoms. The normalized spacial score (nSPS) is 12.8. The molecule has 19 heavy (non-hydrogen) atoms. The maximum absolute atomic E-state index is 5.66. The number of likely N-dealkylation sites (N-methyl/N-ethyl adjacent to an activating group) is 1. The molecule has 2 aromatic rings. The van der Waals surface area contributed by atoms with Crippen molar-refractivity contribution in [2.45, 2.75) is 39.3 Å². The summed E-state index contributed by atoms with van der Waals surface area (Å²) >= 11 is 3.35. The highest BCUT2D eigenvalue weighted by atomic mass is 79.9. The molecule has 0 aliphatic heterocycles. The van der Waals surface area contributed by atoms with Crippen LogP contribution < -0.4 is 5.32 Å². The summed E-state index contributed by atoms with van der Waals surface area (Å²) < 4.78 is 8.64. The summed E-state index contributed by atoms with van der Waals surface area (Å²) in [6, 6.07) is 4.09. The predicted molar refractivity (Wildman–Crippen MR) is 79.0 cm³/mol. The smallest absolute Gasteiger partial charge is 0.169 e.